The number of likely N-dealkylation sites (N-methyl/N-ethyl adjacent to an activating group) is 1. The van der Waals surface area contributed by atoms with Gasteiger partial charge in [0.1, 0.15) is 15.9 Å². The van der Waals surface area contributed by atoms with E-state index in [4.69, 9.17) is 16.3 Å². The summed E-state index contributed by atoms with van der Waals surface area (Å²) in [6.45, 7) is 0.479. The molecule has 0 bridgehead atoms. The highest BCUT2D eigenvalue weighted by Gasteiger charge is 2.41. The van der Waals surface area contributed by atoms with Gasteiger partial charge in [0.05, 0.1) is 16.4 Å². The number of hydrogen-bond donors (Lipinski definition) is 2. The van der Waals surface area contributed by atoms with Gasteiger partial charge in [0.25, 0.3) is 0 Å². The molecule has 9 nitrogen and oxygen atoms in total. The number of carbonyl (C=O) groups is 2. The van der Waals surface area contributed by atoms with Crippen LogP contribution in [0, 0.1) is 5.92 Å². The standard InChI is InChI=1S/C31H34ClN3O6S2/c1-34-26(19-9-4-2-5-10-19)18-35(20-11-6-3-7-12-20)25-16-23(32)22(15-28(25)43(34,39)40)27-17-24(29(42-27)30(36)37)33-31(38)41-21-13-8-14-21/h3,6-7,11-12,15-17,19,21,26H,2,4-5,8-10,13-14,18H2,1H3,(H,33,38)(H,36,37)/t26-/m0/s1. The van der Waals surface area contributed by atoms with Crippen molar-refractivity contribution >= 4 is 62.1 Å². The number of benzene rings is 2. The molecule has 0 saturated heterocycles. The molecule has 3 aliphatic rings. The highest BCUT2D eigenvalue weighted by molar-refractivity contribution is 7.89. The number of amides is 1. The Kier molecular flexibility index (Phi) is 8.43. The molecule has 2 aliphatic carbocycles. The van der Waals surface area contributed by atoms with E-state index in [0.717, 1.165) is 68.4 Å². The van der Waals surface area contributed by atoms with Crippen LogP contribution < -0.4 is 10.2 Å². The second-order valence-electron chi connectivity index (χ2n) is 11.5. The van der Waals surface area contributed by atoms with Gasteiger partial charge in [-0.1, -0.05) is 49.1 Å². The molecule has 43 heavy (non-hydrogen) atoms. The number of anilines is 3. The zero-order valence-electron chi connectivity index (χ0n) is 23.8. The van der Waals surface area contributed by atoms with Crippen LogP contribution in [0.1, 0.15) is 61.0 Å². The molecule has 12 heteroatoms. The van der Waals surface area contributed by atoms with Crippen molar-refractivity contribution in [3.8, 4) is 10.4 Å². The summed E-state index contributed by atoms with van der Waals surface area (Å²) in [5.74, 6) is -0.994. The number of carbonyl (C=O) groups excluding carboxylic acids is 1. The van der Waals surface area contributed by atoms with E-state index >= 15 is 0 Å². The van der Waals surface area contributed by atoms with Crippen molar-refractivity contribution in [1.29, 1.82) is 0 Å². The van der Waals surface area contributed by atoms with Crippen LogP contribution in [0.15, 0.2) is 53.4 Å². The highest BCUT2D eigenvalue weighted by atomic mass is 35.5. The molecular weight excluding hydrogens is 610 g/mol. The Labute approximate surface area is 260 Å². The number of fused-ring (bicyclic) bond motifs is 1. The Hall–Kier alpha value is -3.12. The quantitative estimate of drug-likeness (QED) is 0.284. The number of aromatic carboxylic acids is 1. The third-order valence-electron chi connectivity index (χ3n) is 8.85. The third kappa shape index (κ3) is 5.87. The van der Waals surface area contributed by atoms with E-state index < -0.39 is 22.1 Å². The summed E-state index contributed by atoms with van der Waals surface area (Å²) >= 11 is 7.79. The average molecular weight is 644 g/mol. The first-order chi connectivity index (χ1) is 20.6. The van der Waals surface area contributed by atoms with Gasteiger partial charge in [-0.15, -0.1) is 11.3 Å². The van der Waals surface area contributed by atoms with Crippen LogP contribution in [0.4, 0.5) is 21.9 Å². The van der Waals surface area contributed by atoms with Crippen molar-refractivity contribution in [2.75, 3.05) is 23.8 Å². The van der Waals surface area contributed by atoms with Gasteiger partial charge < -0.3 is 14.7 Å². The number of carboxylic acids is 1. The Bertz CT molecular complexity index is 1630. The van der Waals surface area contributed by atoms with E-state index in [0.29, 0.717) is 22.7 Å². The van der Waals surface area contributed by atoms with E-state index in [9.17, 15) is 23.1 Å². The zero-order chi connectivity index (χ0) is 30.3. The first-order valence-corrected chi connectivity index (χ1v) is 17.3. The minimum atomic E-state index is -3.96. The minimum absolute atomic E-state index is 0.0751. The molecule has 228 valence electrons. The van der Waals surface area contributed by atoms with Gasteiger partial charge in [0.2, 0.25) is 10.0 Å². The summed E-state index contributed by atoms with van der Waals surface area (Å²) in [7, 11) is -2.30. The van der Waals surface area contributed by atoms with Gasteiger partial charge in [-0.2, -0.15) is 4.31 Å². The van der Waals surface area contributed by atoms with Crippen molar-refractivity contribution in [3.63, 3.8) is 0 Å². The van der Waals surface area contributed by atoms with Gasteiger partial charge in [0.15, 0.2) is 0 Å². The van der Waals surface area contributed by atoms with Crippen molar-refractivity contribution < 1.29 is 27.9 Å². The summed E-state index contributed by atoms with van der Waals surface area (Å²) in [6, 6.07) is 14.2. The molecule has 2 aromatic carbocycles. The Balaban J connectivity index is 1.44. The molecule has 2 N–H and O–H groups in total. The predicted octanol–water partition coefficient (Wildman–Crippen LogP) is 7.59. The monoisotopic (exact) mass is 643 g/mol. The van der Waals surface area contributed by atoms with E-state index in [1.807, 2.05) is 35.2 Å². The maximum atomic E-state index is 14.3. The number of para-hydroxylation sites is 1. The van der Waals surface area contributed by atoms with Crippen LogP contribution in [0.2, 0.25) is 5.02 Å². The van der Waals surface area contributed by atoms with E-state index in [-0.39, 0.29) is 38.5 Å². The summed E-state index contributed by atoms with van der Waals surface area (Å²) in [6.07, 6.45) is 6.93. The second-order valence-corrected chi connectivity index (χ2v) is 14.9. The fourth-order valence-electron chi connectivity index (χ4n) is 6.26. The molecule has 0 radical (unpaired) electrons. The second kappa shape index (κ2) is 12.1. The number of rotatable bonds is 6. The molecule has 6 rings (SSSR count). The normalized spacial score (nSPS) is 21.0. The van der Waals surface area contributed by atoms with Crippen molar-refractivity contribution in [3.05, 3.63) is 58.4 Å². The molecule has 1 aliphatic heterocycles. The van der Waals surface area contributed by atoms with Gasteiger partial charge in [-0.25, -0.2) is 18.0 Å². The molecule has 2 fully saturated rings. The van der Waals surface area contributed by atoms with Crippen LogP contribution in [0.25, 0.3) is 10.4 Å². The maximum absolute atomic E-state index is 14.3. The molecular formula is C31H34ClN3O6S2. The lowest BCUT2D eigenvalue weighted by molar-refractivity contribution is 0.0624. The molecule has 0 spiro atoms. The Morgan fingerprint density at radius 3 is 2.40 bits per heavy atom. The number of hydrogen-bond acceptors (Lipinski definition) is 7. The number of thiophene rings is 1. The molecule has 2 heterocycles. The summed E-state index contributed by atoms with van der Waals surface area (Å²) in [4.78, 5) is 27.0. The average Bonchev–Trinajstić information content (AvgIpc) is 3.36. The summed E-state index contributed by atoms with van der Waals surface area (Å²) in [5.41, 5.74) is 1.78. The summed E-state index contributed by atoms with van der Waals surface area (Å²) in [5, 5.41) is 12.7. The number of nitrogens with one attached hydrogen (secondary N) is 1. The maximum Gasteiger partial charge on any atom is 0.411 e. The van der Waals surface area contributed by atoms with Gasteiger partial charge in [0, 0.05) is 35.8 Å². The molecule has 1 atom stereocenters. The lowest BCUT2D eigenvalue weighted by Crippen LogP contribution is -2.46. The highest BCUT2D eigenvalue weighted by Crippen LogP contribution is 2.46. The van der Waals surface area contributed by atoms with Gasteiger partial charge >= 0.3 is 12.1 Å². The molecule has 0 unspecified atom stereocenters. The lowest BCUT2D eigenvalue weighted by atomic mass is 9.83. The van der Waals surface area contributed by atoms with Crippen LogP contribution in [-0.2, 0) is 14.8 Å². The number of nitrogens with zero attached hydrogens (tertiary/aromatic N) is 2. The predicted molar refractivity (Wildman–Crippen MR) is 168 cm³/mol. The molecule has 3 aromatic rings. The topological polar surface area (TPSA) is 116 Å². The largest absolute Gasteiger partial charge is 0.477 e. The van der Waals surface area contributed by atoms with Crippen LogP contribution in [-0.4, -0.2) is 55.6 Å². The number of ether oxygens (including phenoxy) is 1. The van der Waals surface area contributed by atoms with E-state index in [1.165, 1.54) is 16.4 Å². The van der Waals surface area contributed by atoms with Crippen LogP contribution >= 0.6 is 22.9 Å². The molecule has 1 amide bonds. The Morgan fingerprint density at radius 1 is 1.02 bits per heavy atom. The van der Waals surface area contributed by atoms with Gasteiger partial charge in [-0.3, -0.25) is 5.32 Å². The van der Waals surface area contributed by atoms with Crippen molar-refractivity contribution in [2.45, 2.75) is 68.4 Å². The van der Waals surface area contributed by atoms with Crippen LogP contribution in [0.3, 0.4) is 0 Å². The van der Waals surface area contributed by atoms with Gasteiger partial charge in [-0.05, 0) is 68.4 Å². The van der Waals surface area contributed by atoms with E-state index in [2.05, 4.69) is 5.32 Å². The lowest BCUT2D eigenvalue weighted by Gasteiger charge is -2.36. The number of carboxylic acid groups (broad SMARTS) is 1. The zero-order valence-corrected chi connectivity index (χ0v) is 26.2. The Morgan fingerprint density at radius 2 is 1.74 bits per heavy atom. The smallest absolute Gasteiger partial charge is 0.411 e. The SMILES string of the molecule is CN1[C@H](C2CCCCC2)CN(c2ccccc2)c2cc(Cl)c(-c3cc(NC(=O)OC4CCC4)c(C(=O)O)s3)cc2S1(=O)=O. The molecule has 1 aromatic heterocycles. The van der Waals surface area contributed by atoms with Crippen molar-refractivity contribution in [2.24, 2.45) is 5.92 Å². The fraction of sp³-hybridized carbons (Fsp3) is 0.419. The van der Waals surface area contributed by atoms with Crippen LogP contribution in [0.5, 0.6) is 0 Å². The fourth-order valence-corrected chi connectivity index (χ4v) is 9.16. The number of halogens is 1. The minimum Gasteiger partial charge on any atom is -0.477 e. The first-order valence-electron chi connectivity index (χ1n) is 14.6. The molecule has 2 saturated carbocycles. The summed E-state index contributed by atoms with van der Waals surface area (Å²) < 4.78 is 35.5. The van der Waals surface area contributed by atoms with E-state index in [1.54, 1.807) is 13.1 Å². The number of sulfonamides is 1. The third-order valence-corrected chi connectivity index (χ3v) is 12.2. The van der Waals surface area contributed by atoms with Crippen molar-refractivity contribution in [1.82, 2.24) is 4.31 Å². The first kappa shape index (κ1) is 29.9.